The number of nitrogens with one attached hydrogen (secondary N) is 2. The van der Waals surface area contributed by atoms with Crippen LogP contribution in [-0.2, 0) is 17.8 Å². The van der Waals surface area contributed by atoms with Gasteiger partial charge in [0.25, 0.3) is 0 Å². The maximum Gasteiger partial charge on any atom is 0.246 e. The van der Waals surface area contributed by atoms with E-state index in [1.165, 1.54) is 36.1 Å². The Hall–Kier alpha value is -2.49. The fourth-order valence-electron chi connectivity index (χ4n) is 5.22. The Balaban J connectivity index is 1.59. The molecule has 2 aromatic carbocycles. The van der Waals surface area contributed by atoms with Crippen molar-refractivity contribution in [2.45, 2.75) is 57.5 Å². The molecular weight excluding hydrogens is 358 g/mol. The number of benzene rings is 2. The molecule has 0 spiro atoms. The number of rotatable bonds is 5. The van der Waals surface area contributed by atoms with Crippen molar-refractivity contribution in [3.63, 3.8) is 0 Å². The molecule has 0 bridgehead atoms. The predicted octanol–water partition coefficient (Wildman–Crippen LogP) is 4.66. The zero-order valence-electron chi connectivity index (χ0n) is 17.9. The molecule has 1 atom stereocenters. The molecular formula is C25H33N3O. The molecule has 29 heavy (non-hydrogen) atoms. The Bertz CT molecular complexity index is 885. The second kappa shape index (κ2) is 8.10. The van der Waals surface area contributed by atoms with Crippen molar-refractivity contribution in [1.29, 1.82) is 0 Å². The molecule has 154 valence electrons. The third-order valence-electron chi connectivity index (χ3n) is 6.80. The highest BCUT2D eigenvalue weighted by atomic mass is 16.2. The molecule has 4 rings (SSSR count). The quantitative estimate of drug-likeness (QED) is 0.779. The van der Waals surface area contributed by atoms with Gasteiger partial charge in [0.2, 0.25) is 5.91 Å². The lowest BCUT2D eigenvalue weighted by atomic mass is 9.72. The summed E-state index contributed by atoms with van der Waals surface area (Å²) < 4.78 is 0. The normalized spacial score (nSPS) is 21.3. The van der Waals surface area contributed by atoms with Gasteiger partial charge in [-0.1, -0.05) is 55.7 Å². The standard InChI is InChI=1S/C25H33N3O/c1-18-10-9-12-19-16-25(27-23(18)19,21-13-5-4-6-14-21)24(29)26-17-20-11-7-8-15-22(20)28(2)3/h7-12,15,21,27H,4-6,13-14,16-17H2,1-3H3,(H,26,29). The number of aryl methyl sites for hydroxylation is 1. The molecule has 1 aliphatic heterocycles. The van der Waals surface area contributed by atoms with Crippen molar-refractivity contribution >= 4 is 17.3 Å². The highest BCUT2D eigenvalue weighted by molar-refractivity contribution is 5.93. The molecule has 0 saturated heterocycles. The summed E-state index contributed by atoms with van der Waals surface area (Å²) in [6.07, 6.45) is 6.77. The first-order chi connectivity index (χ1) is 14.0. The van der Waals surface area contributed by atoms with E-state index >= 15 is 0 Å². The van der Waals surface area contributed by atoms with E-state index < -0.39 is 5.54 Å². The van der Waals surface area contributed by atoms with Crippen LogP contribution < -0.4 is 15.5 Å². The molecule has 0 aromatic heterocycles. The number of hydrogen-bond donors (Lipinski definition) is 2. The minimum atomic E-state index is -0.526. The third kappa shape index (κ3) is 3.73. The summed E-state index contributed by atoms with van der Waals surface area (Å²) in [4.78, 5) is 15.8. The molecule has 2 aliphatic rings. The average Bonchev–Trinajstić information content (AvgIpc) is 3.15. The van der Waals surface area contributed by atoms with E-state index in [1.807, 2.05) is 26.2 Å². The van der Waals surface area contributed by atoms with Crippen molar-refractivity contribution in [1.82, 2.24) is 5.32 Å². The van der Waals surface area contributed by atoms with E-state index in [-0.39, 0.29) is 5.91 Å². The topological polar surface area (TPSA) is 44.4 Å². The lowest BCUT2D eigenvalue weighted by Crippen LogP contribution is -2.57. The van der Waals surface area contributed by atoms with Crippen LogP contribution in [0.5, 0.6) is 0 Å². The lowest BCUT2D eigenvalue weighted by molar-refractivity contribution is -0.127. The van der Waals surface area contributed by atoms with Gasteiger partial charge < -0.3 is 15.5 Å². The monoisotopic (exact) mass is 391 g/mol. The van der Waals surface area contributed by atoms with Crippen LogP contribution in [0.4, 0.5) is 11.4 Å². The second-order valence-corrected chi connectivity index (χ2v) is 8.92. The first-order valence-corrected chi connectivity index (χ1v) is 10.9. The Morgan fingerprint density at radius 2 is 1.86 bits per heavy atom. The van der Waals surface area contributed by atoms with Crippen LogP contribution >= 0.6 is 0 Å². The van der Waals surface area contributed by atoms with E-state index in [9.17, 15) is 4.79 Å². The number of fused-ring (bicyclic) bond motifs is 1. The van der Waals surface area contributed by atoms with Gasteiger partial charge in [0.1, 0.15) is 5.54 Å². The van der Waals surface area contributed by atoms with E-state index in [0.717, 1.165) is 30.5 Å². The molecule has 1 amide bonds. The second-order valence-electron chi connectivity index (χ2n) is 8.92. The van der Waals surface area contributed by atoms with Gasteiger partial charge in [-0.2, -0.15) is 0 Å². The van der Waals surface area contributed by atoms with Gasteiger partial charge in [0, 0.05) is 38.4 Å². The maximum absolute atomic E-state index is 13.7. The minimum Gasteiger partial charge on any atom is -0.377 e. The zero-order chi connectivity index (χ0) is 20.4. The molecule has 1 unspecified atom stereocenters. The summed E-state index contributed by atoms with van der Waals surface area (Å²) in [5.41, 5.74) is 5.45. The first kappa shape index (κ1) is 19.8. The van der Waals surface area contributed by atoms with Crippen LogP contribution in [0.2, 0.25) is 0 Å². The maximum atomic E-state index is 13.7. The van der Waals surface area contributed by atoms with Crippen molar-refractivity contribution < 1.29 is 4.79 Å². The molecule has 1 heterocycles. The summed E-state index contributed by atoms with van der Waals surface area (Å²) in [5.74, 6) is 0.528. The number of carbonyl (C=O) groups is 1. The van der Waals surface area contributed by atoms with Crippen molar-refractivity contribution in [3.05, 3.63) is 59.2 Å². The van der Waals surface area contributed by atoms with E-state index in [2.05, 4.69) is 52.8 Å². The van der Waals surface area contributed by atoms with Gasteiger partial charge in [-0.05, 0) is 48.4 Å². The largest absolute Gasteiger partial charge is 0.377 e. The highest BCUT2D eigenvalue weighted by Gasteiger charge is 2.49. The zero-order valence-corrected chi connectivity index (χ0v) is 17.9. The van der Waals surface area contributed by atoms with Crippen molar-refractivity contribution in [2.75, 3.05) is 24.3 Å². The van der Waals surface area contributed by atoms with E-state index in [4.69, 9.17) is 0 Å². The number of para-hydroxylation sites is 2. The summed E-state index contributed by atoms with van der Waals surface area (Å²) in [7, 11) is 4.09. The van der Waals surface area contributed by atoms with Gasteiger partial charge in [-0.3, -0.25) is 4.79 Å². The lowest BCUT2D eigenvalue weighted by Gasteiger charge is -2.39. The highest BCUT2D eigenvalue weighted by Crippen LogP contribution is 2.44. The van der Waals surface area contributed by atoms with E-state index in [1.54, 1.807) is 0 Å². The Morgan fingerprint density at radius 1 is 1.10 bits per heavy atom. The van der Waals surface area contributed by atoms with Gasteiger partial charge >= 0.3 is 0 Å². The fraction of sp³-hybridized carbons (Fsp3) is 0.480. The number of amides is 1. The first-order valence-electron chi connectivity index (χ1n) is 10.9. The van der Waals surface area contributed by atoms with Gasteiger partial charge in [0.15, 0.2) is 0 Å². The number of hydrogen-bond acceptors (Lipinski definition) is 3. The number of carbonyl (C=O) groups excluding carboxylic acids is 1. The SMILES string of the molecule is Cc1cccc2c1NC(C(=O)NCc1ccccc1N(C)C)(C1CCCCC1)C2. The third-order valence-corrected chi connectivity index (χ3v) is 6.80. The van der Waals surface area contributed by atoms with Gasteiger partial charge in [-0.15, -0.1) is 0 Å². The smallest absolute Gasteiger partial charge is 0.246 e. The van der Waals surface area contributed by atoms with Crippen LogP contribution in [0.15, 0.2) is 42.5 Å². The number of nitrogens with zero attached hydrogens (tertiary/aromatic N) is 1. The van der Waals surface area contributed by atoms with Crippen molar-refractivity contribution in [3.8, 4) is 0 Å². The van der Waals surface area contributed by atoms with Crippen LogP contribution in [-0.4, -0.2) is 25.5 Å². The summed E-state index contributed by atoms with van der Waals surface area (Å²) in [5, 5.41) is 7.04. The summed E-state index contributed by atoms with van der Waals surface area (Å²) in [6.45, 7) is 2.69. The molecule has 1 aliphatic carbocycles. The predicted molar refractivity (Wildman–Crippen MR) is 120 cm³/mol. The van der Waals surface area contributed by atoms with E-state index in [0.29, 0.717) is 12.5 Å². The summed E-state index contributed by atoms with van der Waals surface area (Å²) in [6, 6.07) is 14.7. The van der Waals surface area contributed by atoms with Crippen LogP contribution in [0.1, 0.15) is 48.8 Å². The average molecular weight is 392 g/mol. The van der Waals surface area contributed by atoms with Crippen molar-refractivity contribution in [2.24, 2.45) is 5.92 Å². The van der Waals surface area contributed by atoms with Crippen LogP contribution in [0.25, 0.3) is 0 Å². The molecule has 4 heteroatoms. The Morgan fingerprint density at radius 3 is 2.59 bits per heavy atom. The fourth-order valence-corrected chi connectivity index (χ4v) is 5.22. The molecule has 2 aromatic rings. The van der Waals surface area contributed by atoms with Crippen LogP contribution in [0, 0.1) is 12.8 Å². The molecule has 0 radical (unpaired) electrons. The Labute approximate surface area is 174 Å². The molecule has 2 N–H and O–H groups in total. The molecule has 1 saturated carbocycles. The van der Waals surface area contributed by atoms with Gasteiger partial charge in [-0.25, -0.2) is 0 Å². The summed E-state index contributed by atoms with van der Waals surface area (Å²) >= 11 is 0. The Kier molecular flexibility index (Phi) is 5.53. The molecule has 4 nitrogen and oxygen atoms in total. The molecule has 1 fully saturated rings. The number of anilines is 2. The van der Waals surface area contributed by atoms with Crippen LogP contribution in [0.3, 0.4) is 0 Å². The van der Waals surface area contributed by atoms with Gasteiger partial charge in [0.05, 0.1) is 0 Å². The minimum absolute atomic E-state index is 0.147.